The first kappa shape index (κ1) is 18.7. The molecular formula is C18H18O10. The summed E-state index contributed by atoms with van der Waals surface area (Å²) in [5, 5.41) is 40.3. The van der Waals surface area contributed by atoms with Crippen molar-refractivity contribution in [2.45, 2.75) is 30.7 Å². The summed E-state index contributed by atoms with van der Waals surface area (Å²) in [5.74, 6) is 0.335. The molecule has 1 aromatic carbocycles. The first-order valence-corrected chi connectivity index (χ1v) is 8.44. The van der Waals surface area contributed by atoms with Crippen LogP contribution in [-0.2, 0) is 4.74 Å². The maximum absolute atomic E-state index is 11.7. The SMILES string of the molecule is COc1c2occc2c(OC2O[C@H](CO)[C@@H](O)[C@H](O)[C@H]2O)c2ccc(=O)oc12. The van der Waals surface area contributed by atoms with Crippen LogP contribution in [0.5, 0.6) is 11.5 Å². The molecule has 0 radical (unpaired) electrons. The van der Waals surface area contributed by atoms with E-state index in [-0.39, 0.29) is 22.7 Å². The van der Waals surface area contributed by atoms with Crippen LogP contribution < -0.4 is 15.1 Å². The molecule has 0 bridgehead atoms. The zero-order valence-electron chi connectivity index (χ0n) is 14.6. The molecule has 4 rings (SSSR count). The largest absolute Gasteiger partial charge is 0.490 e. The molecule has 1 saturated heterocycles. The Labute approximate surface area is 157 Å². The number of furan rings is 1. The van der Waals surface area contributed by atoms with Gasteiger partial charge in [-0.25, -0.2) is 4.79 Å². The summed E-state index contributed by atoms with van der Waals surface area (Å²) in [7, 11) is 1.39. The highest BCUT2D eigenvalue weighted by Crippen LogP contribution is 2.43. The molecule has 1 unspecified atom stereocenters. The van der Waals surface area contributed by atoms with E-state index in [2.05, 4.69) is 0 Å². The normalized spacial score (nSPS) is 28.0. The summed E-state index contributed by atoms with van der Waals surface area (Å²) in [6.45, 7) is -0.593. The number of fused-ring (bicyclic) bond motifs is 2. The maximum Gasteiger partial charge on any atom is 0.336 e. The quantitative estimate of drug-likeness (QED) is 0.435. The Morgan fingerprint density at radius 1 is 1.00 bits per heavy atom. The average molecular weight is 394 g/mol. The van der Waals surface area contributed by atoms with Gasteiger partial charge in [0.05, 0.1) is 30.8 Å². The molecule has 3 heterocycles. The molecular weight excluding hydrogens is 376 g/mol. The van der Waals surface area contributed by atoms with E-state index in [0.717, 1.165) is 0 Å². The third kappa shape index (κ3) is 2.82. The molecule has 0 aliphatic carbocycles. The summed E-state index contributed by atoms with van der Waals surface area (Å²) >= 11 is 0. The first-order valence-electron chi connectivity index (χ1n) is 8.44. The Morgan fingerprint density at radius 2 is 1.75 bits per heavy atom. The van der Waals surface area contributed by atoms with Crippen LogP contribution in [0.3, 0.4) is 0 Å². The zero-order chi connectivity index (χ0) is 20.0. The summed E-state index contributed by atoms with van der Waals surface area (Å²) in [4.78, 5) is 11.7. The molecule has 0 amide bonds. The van der Waals surface area contributed by atoms with Crippen LogP contribution >= 0.6 is 0 Å². The fraction of sp³-hybridized carbons (Fsp3) is 0.389. The van der Waals surface area contributed by atoms with Crippen molar-refractivity contribution >= 4 is 21.9 Å². The van der Waals surface area contributed by atoms with E-state index in [1.807, 2.05) is 0 Å². The van der Waals surface area contributed by atoms with Gasteiger partial charge in [-0.3, -0.25) is 0 Å². The minimum Gasteiger partial charge on any atom is -0.490 e. The van der Waals surface area contributed by atoms with Gasteiger partial charge in [-0.2, -0.15) is 0 Å². The fourth-order valence-electron chi connectivity index (χ4n) is 3.27. The van der Waals surface area contributed by atoms with E-state index in [9.17, 15) is 25.2 Å². The molecule has 2 aromatic heterocycles. The number of benzene rings is 1. The second kappa shape index (κ2) is 7.08. The molecule has 1 aliphatic rings. The van der Waals surface area contributed by atoms with Gasteiger partial charge in [-0.15, -0.1) is 0 Å². The number of aliphatic hydroxyl groups is 4. The van der Waals surface area contributed by atoms with Crippen LogP contribution in [0, 0.1) is 0 Å². The standard InChI is InChI=1S/C18H18O10/c1-24-17-15-8(4-5-25-15)14(7-2-3-10(20)27-16(7)17)28-18-13(23)12(22)11(21)9(6-19)26-18/h2-5,9,11-13,18-19,21-23H,6H2,1H3/t9-,11-,12+,13-,18?/m1/s1. The van der Waals surface area contributed by atoms with E-state index in [1.165, 1.54) is 25.5 Å². The van der Waals surface area contributed by atoms with E-state index in [4.69, 9.17) is 23.0 Å². The van der Waals surface area contributed by atoms with Gasteiger partial charge in [0.25, 0.3) is 0 Å². The van der Waals surface area contributed by atoms with Crippen molar-refractivity contribution < 1.29 is 43.5 Å². The number of aliphatic hydroxyl groups excluding tert-OH is 4. The molecule has 10 heteroatoms. The second-order valence-electron chi connectivity index (χ2n) is 6.34. The van der Waals surface area contributed by atoms with Crippen molar-refractivity contribution in [2.24, 2.45) is 0 Å². The average Bonchev–Trinajstić information content (AvgIpc) is 3.17. The topological polar surface area (TPSA) is 152 Å². The van der Waals surface area contributed by atoms with Crippen LogP contribution in [0.1, 0.15) is 0 Å². The van der Waals surface area contributed by atoms with Crippen molar-refractivity contribution in [3.05, 3.63) is 34.9 Å². The summed E-state index contributed by atoms with van der Waals surface area (Å²) in [6, 6.07) is 4.23. The lowest BCUT2D eigenvalue weighted by Crippen LogP contribution is -2.60. The number of hydrogen-bond donors (Lipinski definition) is 4. The summed E-state index contributed by atoms with van der Waals surface area (Å²) in [6.07, 6.45) is -5.89. The van der Waals surface area contributed by atoms with Gasteiger partial charge >= 0.3 is 5.63 Å². The number of hydrogen-bond acceptors (Lipinski definition) is 10. The predicted octanol–water partition coefficient (Wildman–Crippen LogP) is -0.273. The smallest absolute Gasteiger partial charge is 0.336 e. The Balaban J connectivity index is 1.86. The van der Waals surface area contributed by atoms with Gasteiger partial charge in [0.15, 0.2) is 11.2 Å². The van der Waals surface area contributed by atoms with Crippen LogP contribution in [-0.4, -0.2) is 64.8 Å². The number of ether oxygens (including phenoxy) is 3. The van der Waals surface area contributed by atoms with Crippen molar-refractivity contribution in [1.29, 1.82) is 0 Å². The third-order valence-corrected chi connectivity index (χ3v) is 4.69. The van der Waals surface area contributed by atoms with Crippen molar-refractivity contribution in [3.8, 4) is 11.5 Å². The molecule has 1 fully saturated rings. The molecule has 10 nitrogen and oxygen atoms in total. The van der Waals surface area contributed by atoms with Crippen molar-refractivity contribution in [2.75, 3.05) is 13.7 Å². The fourth-order valence-corrected chi connectivity index (χ4v) is 3.27. The van der Waals surface area contributed by atoms with Gasteiger partial charge in [0.1, 0.15) is 30.2 Å². The van der Waals surface area contributed by atoms with Crippen molar-refractivity contribution in [3.63, 3.8) is 0 Å². The first-order chi connectivity index (χ1) is 13.5. The van der Waals surface area contributed by atoms with E-state index in [0.29, 0.717) is 10.8 Å². The summed E-state index contributed by atoms with van der Waals surface area (Å²) < 4.78 is 27.2. The molecule has 1 aliphatic heterocycles. The van der Waals surface area contributed by atoms with Crippen LogP contribution in [0.25, 0.3) is 21.9 Å². The minimum atomic E-state index is -1.60. The minimum absolute atomic E-state index is 0.0667. The zero-order valence-corrected chi connectivity index (χ0v) is 14.6. The van der Waals surface area contributed by atoms with Gasteiger partial charge in [-0.1, -0.05) is 0 Å². The highest BCUT2D eigenvalue weighted by atomic mass is 16.7. The van der Waals surface area contributed by atoms with Crippen LogP contribution in [0.4, 0.5) is 0 Å². The highest BCUT2D eigenvalue weighted by Gasteiger charge is 2.45. The lowest BCUT2D eigenvalue weighted by atomic mass is 9.99. The van der Waals surface area contributed by atoms with Crippen molar-refractivity contribution in [1.82, 2.24) is 0 Å². The Morgan fingerprint density at radius 3 is 2.46 bits per heavy atom. The van der Waals surface area contributed by atoms with Gasteiger partial charge in [-0.05, 0) is 12.1 Å². The van der Waals surface area contributed by atoms with Gasteiger partial charge < -0.3 is 43.5 Å². The van der Waals surface area contributed by atoms with Gasteiger partial charge in [0, 0.05) is 6.07 Å². The molecule has 5 atom stereocenters. The molecule has 0 saturated carbocycles. The maximum atomic E-state index is 11.7. The van der Waals surface area contributed by atoms with Gasteiger partial charge in [0.2, 0.25) is 12.0 Å². The lowest BCUT2D eigenvalue weighted by molar-refractivity contribution is -0.277. The lowest BCUT2D eigenvalue weighted by Gasteiger charge is -2.39. The van der Waals surface area contributed by atoms with Crippen LogP contribution in [0.2, 0.25) is 0 Å². The molecule has 3 aromatic rings. The summed E-state index contributed by atoms with van der Waals surface area (Å²) in [5.41, 5.74) is -0.309. The molecule has 28 heavy (non-hydrogen) atoms. The molecule has 150 valence electrons. The van der Waals surface area contributed by atoms with E-state index >= 15 is 0 Å². The number of rotatable bonds is 4. The van der Waals surface area contributed by atoms with E-state index < -0.39 is 42.9 Å². The molecule has 0 spiro atoms. The Hall–Kier alpha value is -2.63. The van der Waals surface area contributed by atoms with Crippen LogP contribution in [0.15, 0.2) is 38.1 Å². The van der Waals surface area contributed by atoms with E-state index in [1.54, 1.807) is 6.07 Å². The Bertz CT molecular complexity index is 1050. The predicted molar refractivity (Wildman–Crippen MR) is 93.2 cm³/mol. The third-order valence-electron chi connectivity index (χ3n) is 4.69. The Kier molecular flexibility index (Phi) is 4.73. The monoisotopic (exact) mass is 394 g/mol. The highest BCUT2D eigenvalue weighted by molar-refractivity contribution is 6.06. The second-order valence-corrected chi connectivity index (χ2v) is 6.34. The number of methoxy groups -OCH3 is 1. The molecule has 4 N–H and O–H groups in total.